The molecule has 7 heteroatoms. The molecule has 4 nitrogen and oxygen atoms in total. The van der Waals surface area contributed by atoms with Gasteiger partial charge in [0.15, 0.2) is 10.1 Å². The van der Waals surface area contributed by atoms with Crippen molar-refractivity contribution in [3.8, 4) is 0 Å². The maximum Gasteiger partial charge on any atom is 0.206 e. The number of ketones is 1. The lowest BCUT2D eigenvalue weighted by atomic mass is 10.2. The zero-order chi connectivity index (χ0) is 14.5. The minimum Gasteiger partial charge on any atom is -0.360 e. The molecular formula is C13H17N3OS3. The van der Waals surface area contributed by atoms with E-state index >= 15 is 0 Å². The Bertz CT molecular complexity index is 591. The Labute approximate surface area is 131 Å². The Morgan fingerprint density at radius 1 is 1.35 bits per heavy atom. The maximum atomic E-state index is 12.2. The molecule has 0 saturated heterocycles. The second kappa shape index (κ2) is 7.19. The van der Waals surface area contributed by atoms with E-state index in [-0.39, 0.29) is 5.78 Å². The highest BCUT2D eigenvalue weighted by Crippen LogP contribution is 2.28. The summed E-state index contributed by atoms with van der Waals surface area (Å²) < 4.78 is 0.835. The zero-order valence-electron chi connectivity index (χ0n) is 11.7. The first-order chi connectivity index (χ1) is 9.60. The van der Waals surface area contributed by atoms with Crippen LogP contribution in [0.15, 0.2) is 10.4 Å². The molecule has 0 aliphatic carbocycles. The van der Waals surface area contributed by atoms with Crippen molar-refractivity contribution in [2.45, 2.75) is 31.5 Å². The zero-order valence-corrected chi connectivity index (χ0v) is 14.2. The van der Waals surface area contributed by atoms with E-state index in [0.717, 1.165) is 32.9 Å². The molecule has 0 amide bonds. The van der Waals surface area contributed by atoms with Gasteiger partial charge in [0.05, 0.1) is 5.75 Å². The lowest BCUT2D eigenvalue weighted by molar-refractivity contribution is 0.102. The number of nitrogens with zero attached hydrogens (tertiary/aromatic N) is 2. The fraction of sp³-hybridized carbons (Fsp3) is 0.462. The van der Waals surface area contributed by atoms with Crippen LogP contribution in [0.3, 0.4) is 0 Å². The van der Waals surface area contributed by atoms with E-state index in [0.29, 0.717) is 5.75 Å². The normalized spacial score (nSPS) is 10.8. The van der Waals surface area contributed by atoms with Crippen LogP contribution in [0, 0.1) is 13.8 Å². The van der Waals surface area contributed by atoms with E-state index in [1.165, 1.54) is 28.0 Å². The van der Waals surface area contributed by atoms with Gasteiger partial charge in [-0.25, -0.2) is 0 Å². The molecule has 108 valence electrons. The number of carbonyl (C=O) groups is 1. The number of aromatic nitrogens is 2. The van der Waals surface area contributed by atoms with Crippen molar-refractivity contribution in [3.05, 3.63) is 21.4 Å². The minimum absolute atomic E-state index is 0.162. The van der Waals surface area contributed by atoms with Gasteiger partial charge in [0.1, 0.15) is 0 Å². The Hall–Kier alpha value is -0.920. The van der Waals surface area contributed by atoms with Crippen molar-refractivity contribution in [2.75, 3.05) is 17.6 Å². The van der Waals surface area contributed by atoms with E-state index in [9.17, 15) is 4.79 Å². The quantitative estimate of drug-likeness (QED) is 0.615. The lowest BCUT2D eigenvalue weighted by Gasteiger charge is -1.97. The number of Topliss-reactive ketones (excluding diaryl/α,β-unsaturated/α-hetero) is 1. The molecule has 1 N–H and O–H groups in total. The van der Waals surface area contributed by atoms with E-state index in [4.69, 9.17) is 0 Å². The van der Waals surface area contributed by atoms with Crippen molar-refractivity contribution in [1.82, 2.24) is 10.2 Å². The SMILES string of the molecule is CCCNc1nnc(SCC(=O)c2cc(C)sc2C)s1. The number of thiophene rings is 1. The van der Waals surface area contributed by atoms with Gasteiger partial charge in [-0.3, -0.25) is 4.79 Å². The summed E-state index contributed by atoms with van der Waals surface area (Å²) in [6.07, 6.45) is 1.05. The first-order valence-corrected chi connectivity index (χ1v) is 9.02. The maximum absolute atomic E-state index is 12.2. The predicted octanol–water partition coefficient (Wildman–Crippen LogP) is 4.01. The molecule has 2 rings (SSSR count). The summed E-state index contributed by atoms with van der Waals surface area (Å²) in [5, 5.41) is 12.2. The molecule has 0 saturated carbocycles. The first kappa shape index (κ1) is 15.5. The van der Waals surface area contributed by atoms with E-state index in [1.807, 2.05) is 19.9 Å². The van der Waals surface area contributed by atoms with E-state index in [2.05, 4.69) is 22.4 Å². The summed E-state index contributed by atoms with van der Waals surface area (Å²) >= 11 is 4.62. The fourth-order valence-corrected chi connectivity index (χ4v) is 4.29. The largest absolute Gasteiger partial charge is 0.360 e. The van der Waals surface area contributed by atoms with Gasteiger partial charge in [-0.15, -0.1) is 21.5 Å². The average Bonchev–Trinajstić information content (AvgIpc) is 3.00. The molecule has 0 radical (unpaired) electrons. The van der Waals surface area contributed by atoms with Gasteiger partial charge in [0, 0.05) is 21.9 Å². The molecule has 2 aromatic heterocycles. The molecule has 0 fully saturated rings. The number of hydrogen-bond donors (Lipinski definition) is 1. The third kappa shape index (κ3) is 4.04. The van der Waals surface area contributed by atoms with Crippen molar-refractivity contribution in [1.29, 1.82) is 0 Å². The number of rotatable bonds is 7. The summed E-state index contributed by atoms with van der Waals surface area (Å²) in [6.45, 7) is 7.02. The summed E-state index contributed by atoms with van der Waals surface area (Å²) in [6, 6.07) is 1.97. The lowest BCUT2D eigenvalue weighted by Crippen LogP contribution is -2.02. The molecule has 0 aromatic carbocycles. The van der Waals surface area contributed by atoms with Crippen LogP contribution in [0.25, 0.3) is 0 Å². The van der Waals surface area contributed by atoms with Crippen LogP contribution < -0.4 is 5.32 Å². The molecule has 0 bridgehead atoms. The fourth-order valence-electron chi connectivity index (χ4n) is 1.68. The highest BCUT2D eigenvalue weighted by Gasteiger charge is 2.13. The van der Waals surface area contributed by atoms with Crippen molar-refractivity contribution in [3.63, 3.8) is 0 Å². The van der Waals surface area contributed by atoms with E-state index in [1.54, 1.807) is 11.3 Å². The summed E-state index contributed by atoms with van der Waals surface area (Å²) in [5.74, 6) is 0.578. The smallest absolute Gasteiger partial charge is 0.206 e. The van der Waals surface area contributed by atoms with Crippen LogP contribution in [0.4, 0.5) is 5.13 Å². The molecule has 0 unspecified atom stereocenters. The van der Waals surface area contributed by atoms with Gasteiger partial charge >= 0.3 is 0 Å². The second-order valence-electron chi connectivity index (χ2n) is 4.34. The Morgan fingerprint density at radius 2 is 2.15 bits per heavy atom. The number of carbonyl (C=O) groups excluding carboxylic acids is 1. The number of aryl methyl sites for hydroxylation is 2. The van der Waals surface area contributed by atoms with E-state index < -0.39 is 0 Å². The van der Waals surface area contributed by atoms with Gasteiger partial charge in [-0.05, 0) is 26.3 Å². The van der Waals surface area contributed by atoms with Gasteiger partial charge in [0.25, 0.3) is 0 Å². The standard InChI is InChI=1S/C13H17N3OS3/c1-4-5-14-12-15-16-13(20-12)18-7-11(17)10-6-8(2)19-9(10)3/h6H,4-5,7H2,1-3H3,(H,14,15). The summed E-state index contributed by atoms with van der Waals surface area (Å²) in [5.41, 5.74) is 0.842. The molecule has 2 heterocycles. The first-order valence-electron chi connectivity index (χ1n) is 6.40. The summed E-state index contributed by atoms with van der Waals surface area (Å²) in [7, 11) is 0. The highest BCUT2D eigenvalue weighted by atomic mass is 32.2. The van der Waals surface area contributed by atoms with Gasteiger partial charge in [-0.1, -0.05) is 30.0 Å². The van der Waals surface area contributed by atoms with Crippen molar-refractivity contribution < 1.29 is 4.79 Å². The van der Waals surface area contributed by atoms with Crippen LogP contribution in [0.5, 0.6) is 0 Å². The van der Waals surface area contributed by atoms with Gasteiger partial charge < -0.3 is 5.32 Å². The molecule has 0 spiro atoms. The van der Waals surface area contributed by atoms with Crippen molar-refractivity contribution in [2.24, 2.45) is 0 Å². The number of anilines is 1. The van der Waals surface area contributed by atoms with Crippen LogP contribution in [0.2, 0.25) is 0 Å². The number of hydrogen-bond acceptors (Lipinski definition) is 7. The molecule has 20 heavy (non-hydrogen) atoms. The molecule has 0 aliphatic heterocycles. The predicted molar refractivity (Wildman–Crippen MR) is 87.5 cm³/mol. The average molecular weight is 328 g/mol. The number of thioether (sulfide) groups is 1. The Morgan fingerprint density at radius 3 is 2.80 bits per heavy atom. The van der Waals surface area contributed by atoms with Gasteiger partial charge in [0.2, 0.25) is 5.13 Å². The van der Waals surface area contributed by atoms with Crippen LogP contribution in [-0.4, -0.2) is 28.3 Å². The number of nitrogens with one attached hydrogen (secondary N) is 1. The molecule has 0 aliphatic rings. The minimum atomic E-state index is 0.162. The third-order valence-electron chi connectivity index (χ3n) is 2.60. The molecular weight excluding hydrogens is 310 g/mol. The van der Waals surface area contributed by atoms with Gasteiger partial charge in [-0.2, -0.15) is 0 Å². The van der Waals surface area contributed by atoms with Crippen LogP contribution in [-0.2, 0) is 0 Å². The Balaban J connectivity index is 1.90. The van der Waals surface area contributed by atoms with Crippen LogP contribution >= 0.6 is 34.4 Å². The Kier molecular flexibility index (Phi) is 5.56. The third-order valence-corrected chi connectivity index (χ3v) is 5.58. The van der Waals surface area contributed by atoms with Crippen LogP contribution in [0.1, 0.15) is 33.5 Å². The highest BCUT2D eigenvalue weighted by molar-refractivity contribution is 8.01. The second-order valence-corrected chi connectivity index (χ2v) is 8.00. The summed E-state index contributed by atoms with van der Waals surface area (Å²) in [4.78, 5) is 14.4. The topological polar surface area (TPSA) is 54.9 Å². The molecule has 2 aromatic rings. The molecule has 0 atom stereocenters. The monoisotopic (exact) mass is 327 g/mol. The van der Waals surface area contributed by atoms with Crippen molar-refractivity contribution >= 4 is 45.4 Å².